The molecule has 1 rings (SSSR count). The van der Waals surface area contributed by atoms with Gasteiger partial charge in [-0.25, -0.2) is 0 Å². The van der Waals surface area contributed by atoms with Crippen LogP contribution in [0.4, 0.5) is 0 Å². The van der Waals surface area contributed by atoms with E-state index in [1.165, 1.54) is 0 Å². The lowest BCUT2D eigenvalue weighted by atomic mass is 10.0. The van der Waals surface area contributed by atoms with Gasteiger partial charge in [0.15, 0.2) is 0 Å². The normalized spacial score (nSPS) is 11.9. The van der Waals surface area contributed by atoms with Crippen LogP contribution in [0.3, 0.4) is 0 Å². The summed E-state index contributed by atoms with van der Waals surface area (Å²) in [5, 5.41) is 0. The summed E-state index contributed by atoms with van der Waals surface area (Å²) in [6.07, 6.45) is 1.91. The highest BCUT2D eigenvalue weighted by molar-refractivity contribution is 5.69. The van der Waals surface area contributed by atoms with E-state index in [1.54, 1.807) is 14.0 Å². The van der Waals surface area contributed by atoms with E-state index in [0.717, 1.165) is 24.2 Å². The molecular weight excluding hydrogens is 230 g/mol. The molecule has 0 aliphatic rings. The minimum Gasteiger partial charge on any atom is -0.497 e. The molecule has 0 bridgehead atoms. The second-order valence-electron chi connectivity index (χ2n) is 4.08. The summed E-state index contributed by atoms with van der Waals surface area (Å²) >= 11 is 0. The van der Waals surface area contributed by atoms with Crippen LogP contribution in [0.15, 0.2) is 24.3 Å². The van der Waals surface area contributed by atoms with Gasteiger partial charge in [-0.3, -0.25) is 4.79 Å². The Morgan fingerprint density at radius 1 is 1.44 bits per heavy atom. The third-order valence-electron chi connectivity index (χ3n) is 2.72. The maximum absolute atomic E-state index is 11.2. The molecule has 0 spiro atoms. The average molecular weight is 251 g/mol. The molecule has 4 heteroatoms. The third-order valence-corrected chi connectivity index (χ3v) is 2.72. The van der Waals surface area contributed by atoms with Crippen LogP contribution in [0.5, 0.6) is 5.75 Å². The molecular formula is C14H21NO3. The molecule has 1 atom stereocenters. The molecule has 18 heavy (non-hydrogen) atoms. The summed E-state index contributed by atoms with van der Waals surface area (Å²) in [5.74, 6) is 0.642. The highest BCUT2D eigenvalue weighted by Crippen LogP contribution is 2.21. The predicted molar refractivity (Wildman–Crippen MR) is 70.4 cm³/mol. The van der Waals surface area contributed by atoms with Crippen LogP contribution in [-0.4, -0.2) is 19.7 Å². The van der Waals surface area contributed by atoms with Crippen molar-refractivity contribution in [3.8, 4) is 5.75 Å². The van der Waals surface area contributed by atoms with Crippen molar-refractivity contribution in [3.05, 3.63) is 29.8 Å². The van der Waals surface area contributed by atoms with Crippen molar-refractivity contribution in [3.63, 3.8) is 0 Å². The first-order valence-corrected chi connectivity index (χ1v) is 6.22. The van der Waals surface area contributed by atoms with Gasteiger partial charge in [-0.1, -0.05) is 12.1 Å². The first-order valence-electron chi connectivity index (χ1n) is 6.22. The Morgan fingerprint density at radius 2 is 2.22 bits per heavy atom. The minimum absolute atomic E-state index is 0.0745. The Bertz CT molecular complexity index is 379. The topological polar surface area (TPSA) is 61.5 Å². The van der Waals surface area contributed by atoms with Gasteiger partial charge in [0.25, 0.3) is 0 Å². The number of hydrogen-bond donors (Lipinski definition) is 1. The van der Waals surface area contributed by atoms with Crippen LogP contribution in [-0.2, 0) is 9.53 Å². The number of ether oxygens (including phenoxy) is 2. The lowest BCUT2D eigenvalue weighted by molar-refractivity contribution is -0.143. The first-order chi connectivity index (χ1) is 8.67. The molecule has 0 saturated heterocycles. The number of rotatable bonds is 7. The molecule has 4 nitrogen and oxygen atoms in total. The number of esters is 1. The van der Waals surface area contributed by atoms with Crippen molar-refractivity contribution in [1.29, 1.82) is 0 Å². The van der Waals surface area contributed by atoms with Gasteiger partial charge in [0, 0.05) is 12.5 Å². The summed E-state index contributed by atoms with van der Waals surface area (Å²) in [6.45, 7) is 2.24. The lowest BCUT2D eigenvalue weighted by Crippen LogP contribution is -2.11. The molecule has 2 N–H and O–H groups in total. The first kappa shape index (κ1) is 14.5. The SMILES string of the molecule is CCOC(=O)CCCC(N)c1cccc(OC)c1. The number of carbonyl (C=O) groups is 1. The van der Waals surface area contributed by atoms with Crippen molar-refractivity contribution < 1.29 is 14.3 Å². The van der Waals surface area contributed by atoms with Crippen LogP contribution < -0.4 is 10.5 Å². The Balaban J connectivity index is 2.40. The van der Waals surface area contributed by atoms with E-state index in [0.29, 0.717) is 13.0 Å². The van der Waals surface area contributed by atoms with Gasteiger partial charge in [-0.05, 0) is 37.5 Å². The van der Waals surface area contributed by atoms with Gasteiger partial charge >= 0.3 is 5.97 Å². The predicted octanol–water partition coefficient (Wildman–Crippen LogP) is 2.43. The third kappa shape index (κ3) is 4.75. The number of hydrogen-bond acceptors (Lipinski definition) is 4. The number of benzene rings is 1. The summed E-state index contributed by atoms with van der Waals surface area (Å²) < 4.78 is 10.0. The lowest BCUT2D eigenvalue weighted by Gasteiger charge is -2.12. The standard InChI is InChI=1S/C14H21NO3/c1-3-18-14(16)9-5-8-13(15)11-6-4-7-12(10-11)17-2/h4,6-7,10,13H,3,5,8-9,15H2,1-2H3. The maximum Gasteiger partial charge on any atom is 0.305 e. The largest absolute Gasteiger partial charge is 0.497 e. The fraction of sp³-hybridized carbons (Fsp3) is 0.500. The van der Waals surface area contributed by atoms with Gasteiger partial charge in [0.1, 0.15) is 5.75 Å². The van der Waals surface area contributed by atoms with E-state index in [-0.39, 0.29) is 12.0 Å². The van der Waals surface area contributed by atoms with Crippen molar-refractivity contribution >= 4 is 5.97 Å². The van der Waals surface area contributed by atoms with Gasteiger partial charge < -0.3 is 15.2 Å². The second kappa shape index (κ2) is 7.71. The van der Waals surface area contributed by atoms with Gasteiger partial charge in [-0.15, -0.1) is 0 Å². The number of methoxy groups -OCH3 is 1. The van der Waals surface area contributed by atoms with Crippen molar-refractivity contribution in [2.75, 3.05) is 13.7 Å². The fourth-order valence-corrected chi connectivity index (χ4v) is 1.74. The zero-order valence-electron chi connectivity index (χ0n) is 11.0. The molecule has 1 aromatic carbocycles. The Kier molecular flexibility index (Phi) is 6.22. The van der Waals surface area contributed by atoms with Gasteiger partial charge in [0.05, 0.1) is 13.7 Å². The maximum atomic E-state index is 11.2. The Morgan fingerprint density at radius 3 is 2.89 bits per heavy atom. The summed E-state index contributed by atoms with van der Waals surface area (Å²) in [7, 11) is 1.63. The van der Waals surface area contributed by atoms with Crippen molar-refractivity contribution in [2.45, 2.75) is 32.2 Å². The highest BCUT2D eigenvalue weighted by Gasteiger charge is 2.08. The average Bonchev–Trinajstić information content (AvgIpc) is 2.39. The zero-order valence-corrected chi connectivity index (χ0v) is 11.0. The van der Waals surface area contributed by atoms with Crippen molar-refractivity contribution in [1.82, 2.24) is 0 Å². The number of nitrogens with two attached hydrogens (primary N) is 1. The Hall–Kier alpha value is -1.55. The molecule has 0 amide bonds. The highest BCUT2D eigenvalue weighted by atomic mass is 16.5. The van der Waals surface area contributed by atoms with E-state index >= 15 is 0 Å². The van der Waals surface area contributed by atoms with Crippen LogP contribution in [0.1, 0.15) is 37.8 Å². The van der Waals surface area contributed by atoms with Crippen LogP contribution in [0.25, 0.3) is 0 Å². The summed E-state index contributed by atoms with van der Waals surface area (Å²) in [5.41, 5.74) is 7.10. The van der Waals surface area contributed by atoms with Gasteiger partial charge in [-0.2, -0.15) is 0 Å². The molecule has 0 aliphatic carbocycles. The van der Waals surface area contributed by atoms with E-state index < -0.39 is 0 Å². The minimum atomic E-state index is -0.157. The Labute approximate surface area is 108 Å². The molecule has 0 radical (unpaired) electrons. The molecule has 0 heterocycles. The van der Waals surface area contributed by atoms with Crippen LogP contribution in [0.2, 0.25) is 0 Å². The van der Waals surface area contributed by atoms with Gasteiger partial charge in [0.2, 0.25) is 0 Å². The van der Waals surface area contributed by atoms with E-state index in [9.17, 15) is 4.79 Å². The summed E-state index contributed by atoms with van der Waals surface area (Å²) in [4.78, 5) is 11.2. The molecule has 100 valence electrons. The van der Waals surface area contributed by atoms with Crippen molar-refractivity contribution in [2.24, 2.45) is 5.73 Å². The molecule has 0 fully saturated rings. The quantitative estimate of drug-likeness (QED) is 0.756. The number of carbonyl (C=O) groups excluding carboxylic acids is 1. The van der Waals surface area contributed by atoms with E-state index in [1.807, 2.05) is 24.3 Å². The fourth-order valence-electron chi connectivity index (χ4n) is 1.74. The molecule has 1 unspecified atom stereocenters. The van der Waals surface area contributed by atoms with Crippen LogP contribution >= 0.6 is 0 Å². The van der Waals surface area contributed by atoms with E-state index in [2.05, 4.69) is 0 Å². The summed E-state index contributed by atoms with van der Waals surface area (Å²) in [6, 6.07) is 7.62. The van der Waals surface area contributed by atoms with Crippen LogP contribution in [0, 0.1) is 0 Å². The monoisotopic (exact) mass is 251 g/mol. The second-order valence-corrected chi connectivity index (χ2v) is 4.08. The van der Waals surface area contributed by atoms with E-state index in [4.69, 9.17) is 15.2 Å². The smallest absolute Gasteiger partial charge is 0.305 e. The molecule has 1 aromatic rings. The molecule has 0 aromatic heterocycles. The zero-order chi connectivity index (χ0) is 13.4. The molecule has 0 saturated carbocycles. The molecule has 0 aliphatic heterocycles.